The third-order valence-corrected chi connectivity index (χ3v) is 4.77. The van der Waals surface area contributed by atoms with Crippen LogP contribution in [0, 0.1) is 20.8 Å². The Labute approximate surface area is 168 Å². The summed E-state index contributed by atoms with van der Waals surface area (Å²) in [5.74, 6) is 1.81. The van der Waals surface area contributed by atoms with Crippen LogP contribution in [0.1, 0.15) is 44.5 Å². The summed E-state index contributed by atoms with van der Waals surface area (Å²) in [6.07, 6.45) is 2.36. The molecule has 0 aliphatic rings. The van der Waals surface area contributed by atoms with Crippen LogP contribution < -0.4 is 5.32 Å². The molecule has 4 rings (SSSR count). The molecule has 0 spiro atoms. The van der Waals surface area contributed by atoms with Crippen LogP contribution in [-0.2, 0) is 13.0 Å². The van der Waals surface area contributed by atoms with Crippen molar-refractivity contribution < 1.29 is 13.7 Å². The monoisotopic (exact) mass is 390 g/mol. The summed E-state index contributed by atoms with van der Waals surface area (Å²) in [4.78, 5) is 12.5. The minimum absolute atomic E-state index is 0.236. The Morgan fingerprint density at radius 1 is 1.07 bits per heavy atom. The summed E-state index contributed by atoms with van der Waals surface area (Å²) in [6, 6.07) is 13.5. The Kier molecular flexibility index (Phi) is 5.03. The number of benzene rings is 1. The molecule has 3 heterocycles. The van der Waals surface area contributed by atoms with Crippen LogP contribution in [0.25, 0.3) is 0 Å². The lowest BCUT2D eigenvalue weighted by Gasteiger charge is -2.03. The second-order valence-corrected chi connectivity index (χ2v) is 7.08. The predicted molar refractivity (Wildman–Crippen MR) is 108 cm³/mol. The average molecular weight is 390 g/mol. The molecule has 3 aromatic heterocycles. The molecule has 1 N–H and O–H groups in total. The van der Waals surface area contributed by atoms with Gasteiger partial charge in [0, 0.05) is 24.2 Å². The average Bonchev–Trinajstić information content (AvgIpc) is 3.41. The van der Waals surface area contributed by atoms with E-state index in [1.807, 2.05) is 20.0 Å². The number of hydrogen-bond acceptors (Lipinski definition) is 5. The van der Waals surface area contributed by atoms with Crippen LogP contribution in [0.3, 0.4) is 0 Å². The van der Waals surface area contributed by atoms with Crippen LogP contribution in [0.15, 0.2) is 57.6 Å². The second kappa shape index (κ2) is 7.79. The smallest absolute Gasteiger partial charge is 0.292 e. The highest BCUT2D eigenvalue weighted by Crippen LogP contribution is 2.19. The number of anilines is 1. The van der Waals surface area contributed by atoms with Gasteiger partial charge >= 0.3 is 0 Å². The highest BCUT2D eigenvalue weighted by atomic mass is 16.5. The van der Waals surface area contributed by atoms with E-state index >= 15 is 0 Å². The summed E-state index contributed by atoms with van der Waals surface area (Å²) >= 11 is 0. The van der Waals surface area contributed by atoms with Gasteiger partial charge in [0.05, 0.1) is 12.2 Å². The van der Waals surface area contributed by atoms with Crippen molar-refractivity contribution in [3.05, 3.63) is 88.3 Å². The molecule has 0 atom stereocenters. The molecule has 148 valence electrons. The first kappa shape index (κ1) is 18.7. The molecule has 7 nitrogen and oxygen atoms in total. The van der Waals surface area contributed by atoms with E-state index in [2.05, 4.69) is 46.8 Å². The van der Waals surface area contributed by atoms with E-state index in [1.165, 1.54) is 5.56 Å². The third kappa shape index (κ3) is 4.29. The van der Waals surface area contributed by atoms with Gasteiger partial charge in [0.25, 0.3) is 5.91 Å². The van der Waals surface area contributed by atoms with E-state index in [1.54, 1.807) is 22.9 Å². The van der Waals surface area contributed by atoms with Gasteiger partial charge in [0.15, 0.2) is 11.6 Å². The number of carbonyl (C=O) groups excluding carboxylic acids is 1. The number of furan rings is 1. The highest BCUT2D eigenvalue weighted by Gasteiger charge is 2.16. The SMILES string of the molecule is Cc1ccc(Cn2ccc(NC(=O)c3ccc(Cc4c(C)noc4C)o3)n2)cc1. The summed E-state index contributed by atoms with van der Waals surface area (Å²) in [5.41, 5.74) is 4.16. The summed E-state index contributed by atoms with van der Waals surface area (Å²) in [5, 5.41) is 11.1. The van der Waals surface area contributed by atoms with Gasteiger partial charge in [0.1, 0.15) is 11.5 Å². The number of hydrogen-bond donors (Lipinski definition) is 1. The number of amides is 1. The lowest BCUT2D eigenvalue weighted by molar-refractivity contribution is 0.0994. The Bertz CT molecular complexity index is 1120. The predicted octanol–water partition coefficient (Wildman–Crippen LogP) is 4.28. The molecule has 0 bridgehead atoms. The molecule has 0 aliphatic carbocycles. The van der Waals surface area contributed by atoms with Crippen molar-refractivity contribution in [2.24, 2.45) is 0 Å². The fourth-order valence-electron chi connectivity index (χ4n) is 3.10. The van der Waals surface area contributed by atoms with Gasteiger partial charge < -0.3 is 14.3 Å². The topological polar surface area (TPSA) is 86.1 Å². The molecule has 0 saturated heterocycles. The first-order valence-electron chi connectivity index (χ1n) is 9.39. The van der Waals surface area contributed by atoms with E-state index < -0.39 is 0 Å². The van der Waals surface area contributed by atoms with Crippen LogP contribution >= 0.6 is 0 Å². The Morgan fingerprint density at radius 2 is 1.86 bits per heavy atom. The minimum atomic E-state index is -0.337. The molecule has 1 amide bonds. The van der Waals surface area contributed by atoms with Gasteiger partial charge in [-0.3, -0.25) is 9.48 Å². The summed E-state index contributed by atoms with van der Waals surface area (Å²) in [6.45, 7) is 6.44. The van der Waals surface area contributed by atoms with Crippen molar-refractivity contribution >= 4 is 11.7 Å². The van der Waals surface area contributed by atoms with E-state index in [4.69, 9.17) is 8.94 Å². The lowest BCUT2D eigenvalue weighted by atomic mass is 10.1. The quantitative estimate of drug-likeness (QED) is 0.531. The lowest BCUT2D eigenvalue weighted by Crippen LogP contribution is -2.12. The Hall–Kier alpha value is -3.61. The molecule has 0 aliphatic heterocycles. The van der Waals surface area contributed by atoms with Gasteiger partial charge in [-0.1, -0.05) is 35.0 Å². The standard InChI is InChI=1S/C22H22N4O3/c1-14-4-6-17(7-5-14)13-26-11-10-21(24-26)23-22(27)20-9-8-18(28-20)12-19-15(2)25-29-16(19)3/h4-11H,12-13H2,1-3H3,(H,23,24,27). The van der Waals surface area contributed by atoms with E-state index in [0.717, 1.165) is 22.6 Å². The summed E-state index contributed by atoms with van der Waals surface area (Å²) < 4.78 is 12.7. The van der Waals surface area contributed by atoms with Crippen molar-refractivity contribution in [1.29, 1.82) is 0 Å². The van der Waals surface area contributed by atoms with Crippen molar-refractivity contribution in [1.82, 2.24) is 14.9 Å². The Balaban J connectivity index is 1.39. The fraction of sp³-hybridized carbons (Fsp3) is 0.227. The highest BCUT2D eigenvalue weighted by molar-refractivity contribution is 6.01. The molecular formula is C22H22N4O3. The normalized spacial score (nSPS) is 11.0. The molecular weight excluding hydrogens is 368 g/mol. The van der Waals surface area contributed by atoms with Crippen molar-refractivity contribution in [2.45, 2.75) is 33.7 Å². The minimum Gasteiger partial charge on any atom is -0.456 e. The maximum absolute atomic E-state index is 12.5. The zero-order chi connectivity index (χ0) is 20.4. The molecule has 29 heavy (non-hydrogen) atoms. The molecule has 0 saturated carbocycles. The second-order valence-electron chi connectivity index (χ2n) is 7.08. The molecule has 4 aromatic rings. The van der Waals surface area contributed by atoms with E-state index in [-0.39, 0.29) is 11.7 Å². The van der Waals surface area contributed by atoms with Gasteiger partial charge in [-0.15, -0.1) is 0 Å². The zero-order valence-corrected chi connectivity index (χ0v) is 16.6. The molecule has 1 aromatic carbocycles. The first-order chi connectivity index (χ1) is 14.0. The van der Waals surface area contributed by atoms with E-state index in [0.29, 0.717) is 24.5 Å². The zero-order valence-electron chi connectivity index (χ0n) is 16.6. The van der Waals surface area contributed by atoms with Crippen LogP contribution in [0.2, 0.25) is 0 Å². The number of rotatable bonds is 6. The van der Waals surface area contributed by atoms with Gasteiger partial charge in [-0.25, -0.2) is 0 Å². The van der Waals surface area contributed by atoms with E-state index in [9.17, 15) is 4.79 Å². The maximum atomic E-state index is 12.5. The van der Waals surface area contributed by atoms with Crippen LogP contribution in [0.5, 0.6) is 0 Å². The molecule has 0 fully saturated rings. The van der Waals surface area contributed by atoms with Crippen molar-refractivity contribution in [3.63, 3.8) is 0 Å². The number of nitrogens with zero attached hydrogens (tertiary/aromatic N) is 3. The van der Waals surface area contributed by atoms with Crippen LogP contribution in [0.4, 0.5) is 5.82 Å². The number of aryl methyl sites for hydroxylation is 3. The fourth-order valence-corrected chi connectivity index (χ4v) is 3.10. The van der Waals surface area contributed by atoms with Gasteiger partial charge in [-0.2, -0.15) is 5.10 Å². The van der Waals surface area contributed by atoms with Gasteiger partial charge in [0.2, 0.25) is 0 Å². The molecule has 7 heteroatoms. The maximum Gasteiger partial charge on any atom is 0.292 e. The van der Waals surface area contributed by atoms with Gasteiger partial charge in [-0.05, 0) is 38.5 Å². The number of aromatic nitrogens is 3. The number of carbonyl (C=O) groups is 1. The number of nitrogens with one attached hydrogen (secondary N) is 1. The molecule has 0 unspecified atom stereocenters. The first-order valence-corrected chi connectivity index (χ1v) is 9.39. The van der Waals surface area contributed by atoms with Crippen molar-refractivity contribution in [2.75, 3.05) is 5.32 Å². The Morgan fingerprint density at radius 3 is 2.59 bits per heavy atom. The largest absolute Gasteiger partial charge is 0.456 e. The van der Waals surface area contributed by atoms with Crippen LogP contribution in [-0.4, -0.2) is 20.8 Å². The summed E-state index contributed by atoms with van der Waals surface area (Å²) in [7, 11) is 0. The van der Waals surface area contributed by atoms with Crippen molar-refractivity contribution in [3.8, 4) is 0 Å². The molecule has 0 radical (unpaired) electrons. The third-order valence-electron chi connectivity index (χ3n) is 4.77.